The zero-order valence-corrected chi connectivity index (χ0v) is 17.3. The SMILES string of the molecule is O=C(c1ccc(SCc2cn3ccccc3n2)cc1)N(Cc1ccccn1)C1CC1. The number of fused-ring (bicyclic) bond motifs is 1. The van der Waals surface area contributed by atoms with Gasteiger partial charge in [-0.25, -0.2) is 4.98 Å². The fourth-order valence-corrected chi connectivity index (χ4v) is 4.27. The third-order valence-corrected chi connectivity index (χ3v) is 6.25. The predicted molar refractivity (Wildman–Crippen MR) is 118 cm³/mol. The van der Waals surface area contributed by atoms with Crippen LogP contribution in [-0.4, -0.2) is 31.2 Å². The third-order valence-electron chi connectivity index (χ3n) is 5.21. The molecule has 0 radical (unpaired) electrons. The molecule has 30 heavy (non-hydrogen) atoms. The van der Waals surface area contributed by atoms with Crippen LogP contribution >= 0.6 is 11.8 Å². The van der Waals surface area contributed by atoms with Gasteiger partial charge in [0.15, 0.2) is 0 Å². The summed E-state index contributed by atoms with van der Waals surface area (Å²) in [4.78, 5) is 25.2. The van der Waals surface area contributed by atoms with E-state index in [2.05, 4.69) is 16.2 Å². The van der Waals surface area contributed by atoms with Crippen molar-refractivity contribution >= 4 is 23.3 Å². The van der Waals surface area contributed by atoms with Gasteiger partial charge in [0, 0.05) is 40.8 Å². The Morgan fingerprint density at radius 2 is 1.87 bits per heavy atom. The number of rotatable bonds is 7. The Bertz CT molecular complexity index is 1120. The fraction of sp³-hybridized carbons (Fsp3) is 0.208. The molecule has 3 aromatic heterocycles. The predicted octanol–water partition coefficient (Wildman–Crippen LogP) is 4.83. The largest absolute Gasteiger partial charge is 0.330 e. The van der Waals surface area contributed by atoms with E-state index in [1.807, 2.05) is 76.2 Å². The first-order valence-corrected chi connectivity index (χ1v) is 11.1. The summed E-state index contributed by atoms with van der Waals surface area (Å²) in [5, 5.41) is 0. The number of aromatic nitrogens is 3. The summed E-state index contributed by atoms with van der Waals surface area (Å²) in [5.41, 5.74) is 3.66. The number of pyridine rings is 2. The summed E-state index contributed by atoms with van der Waals surface area (Å²) >= 11 is 1.73. The van der Waals surface area contributed by atoms with E-state index in [0.29, 0.717) is 12.6 Å². The number of thioether (sulfide) groups is 1. The van der Waals surface area contributed by atoms with Crippen molar-refractivity contribution in [3.8, 4) is 0 Å². The van der Waals surface area contributed by atoms with Crippen molar-refractivity contribution in [1.29, 1.82) is 0 Å². The van der Waals surface area contributed by atoms with Crippen molar-refractivity contribution in [2.24, 2.45) is 0 Å². The zero-order chi connectivity index (χ0) is 20.3. The average Bonchev–Trinajstić information content (AvgIpc) is 3.55. The minimum absolute atomic E-state index is 0.0834. The average molecular weight is 415 g/mol. The van der Waals surface area contributed by atoms with E-state index in [4.69, 9.17) is 0 Å². The number of hydrogen-bond donors (Lipinski definition) is 0. The maximum Gasteiger partial charge on any atom is 0.254 e. The molecule has 0 spiro atoms. The van der Waals surface area contributed by atoms with E-state index in [1.54, 1.807) is 18.0 Å². The van der Waals surface area contributed by atoms with Crippen LogP contribution in [0.25, 0.3) is 5.65 Å². The molecule has 0 aliphatic heterocycles. The number of carbonyl (C=O) groups excluding carboxylic acids is 1. The molecule has 0 unspecified atom stereocenters. The number of benzene rings is 1. The minimum atomic E-state index is 0.0834. The Balaban J connectivity index is 1.24. The van der Waals surface area contributed by atoms with Gasteiger partial charge in [-0.2, -0.15) is 0 Å². The van der Waals surface area contributed by atoms with Gasteiger partial charge in [0.25, 0.3) is 5.91 Å². The highest BCUT2D eigenvalue weighted by Gasteiger charge is 2.33. The number of amides is 1. The molecular formula is C24H22N4OS. The lowest BCUT2D eigenvalue weighted by molar-refractivity contribution is 0.0727. The summed E-state index contributed by atoms with van der Waals surface area (Å²) in [6.45, 7) is 0.564. The smallest absolute Gasteiger partial charge is 0.254 e. The molecule has 1 aliphatic carbocycles. The van der Waals surface area contributed by atoms with Gasteiger partial charge in [0.2, 0.25) is 0 Å². The maximum atomic E-state index is 13.1. The molecule has 1 amide bonds. The van der Waals surface area contributed by atoms with Gasteiger partial charge >= 0.3 is 0 Å². The lowest BCUT2D eigenvalue weighted by Crippen LogP contribution is -2.32. The van der Waals surface area contributed by atoms with Gasteiger partial charge in [-0.1, -0.05) is 12.1 Å². The second-order valence-corrected chi connectivity index (χ2v) is 8.55. The number of imidazole rings is 1. The molecule has 3 heterocycles. The van der Waals surface area contributed by atoms with Crippen LogP contribution < -0.4 is 0 Å². The molecule has 5 nitrogen and oxygen atoms in total. The van der Waals surface area contributed by atoms with Crippen LogP contribution in [0.4, 0.5) is 0 Å². The summed E-state index contributed by atoms with van der Waals surface area (Å²) in [6, 6.07) is 20.1. The van der Waals surface area contributed by atoms with E-state index < -0.39 is 0 Å². The van der Waals surface area contributed by atoms with Crippen molar-refractivity contribution in [2.75, 3.05) is 0 Å². The van der Waals surface area contributed by atoms with Gasteiger partial charge in [-0.15, -0.1) is 11.8 Å². The van der Waals surface area contributed by atoms with Crippen LogP contribution in [0, 0.1) is 0 Å². The lowest BCUT2D eigenvalue weighted by atomic mass is 10.2. The van der Waals surface area contributed by atoms with Crippen molar-refractivity contribution in [3.63, 3.8) is 0 Å². The van der Waals surface area contributed by atoms with Crippen LogP contribution in [-0.2, 0) is 12.3 Å². The summed E-state index contributed by atoms with van der Waals surface area (Å²) in [6.07, 6.45) is 8.00. The highest BCUT2D eigenvalue weighted by atomic mass is 32.2. The first-order valence-electron chi connectivity index (χ1n) is 10.1. The Kier molecular flexibility index (Phi) is 5.24. The van der Waals surface area contributed by atoms with Crippen LogP contribution in [0.5, 0.6) is 0 Å². The third kappa shape index (κ3) is 4.24. The van der Waals surface area contributed by atoms with Gasteiger partial charge in [-0.05, 0) is 61.4 Å². The van der Waals surface area contributed by atoms with Gasteiger partial charge in [0.1, 0.15) is 5.65 Å². The summed E-state index contributed by atoms with van der Waals surface area (Å²) in [5.74, 6) is 0.878. The fourth-order valence-electron chi connectivity index (χ4n) is 3.49. The molecular weight excluding hydrogens is 392 g/mol. The van der Waals surface area contributed by atoms with Crippen LogP contribution in [0.15, 0.2) is 84.1 Å². The molecule has 0 bridgehead atoms. The van der Waals surface area contributed by atoms with Gasteiger partial charge in [0.05, 0.1) is 17.9 Å². The second kappa shape index (κ2) is 8.32. The molecule has 0 atom stereocenters. The Hall–Kier alpha value is -3.12. The van der Waals surface area contributed by atoms with Crippen molar-refractivity contribution < 1.29 is 4.79 Å². The molecule has 0 N–H and O–H groups in total. The highest BCUT2D eigenvalue weighted by molar-refractivity contribution is 7.98. The molecule has 5 rings (SSSR count). The molecule has 1 fully saturated rings. The van der Waals surface area contributed by atoms with E-state index in [0.717, 1.165) is 46.1 Å². The highest BCUT2D eigenvalue weighted by Crippen LogP contribution is 2.30. The van der Waals surface area contributed by atoms with Crippen LogP contribution in [0.3, 0.4) is 0 Å². The first-order chi connectivity index (χ1) is 14.8. The summed E-state index contributed by atoms with van der Waals surface area (Å²) < 4.78 is 2.03. The maximum absolute atomic E-state index is 13.1. The van der Waals surface area contributed by atoms with Crippen LogP contribution in [0.2, 0.25) is 0 Å². The Morgan fingerprint density at radius 3 is 2.60 bits per heavy atom. The van der Waals surface area contributed by atoms with Gasteiger partial charge < -0.3 is 9.30 Å². The molecule has 150 valence electrons. The number of hydrogen-bond acceptors (Lipinski definition) is 4. The molecule has 4 aromatic rings. The zero-order valence-electron chi connectivity index (χ0n) is 16.5. The monoisotopic (exact) mass is 414 g/mol. The van der Waals surface area contributed by atoms with Crippen molar-refractivity contribution in [2.45, 2.75) is 36.1 Å². The Morgan fingerprint density at radius 1 is 1.03 bits per heavy atom. The first kappa shape index (κ1) is 18.9. The molecule has 1 aliphatic rings. The molecule has 1 aromatic carbocycles. The van der Waals surface area contributed by atoms with E-state index in [9.17, 15) is 4.79 Å². The standard InChI is InChI=1S/C24H22N4OS/c29-24(28(21-9-10-21)16-19-5-1-3-13-25-19)18-7-11-22(12-8-18)30-17-20-15-27-14-4-2-6-23(27)26-20/h1-8,11-15,21H,9-10,16-17H2. The number of carbonyl (C=O) groups is 1. The molecule has 0 saturated heterocycles. The van der Waals surface area contributed by atoms with Crippen LogP contribution in [0.1, 0.15) is 34.6 Å². The quantitative estimate of drug-likeness (QED) is 0.407. The normalized spacial score (nSPS) is 13.5. The topological polar surface area (TPSA) is 50.5 Å². The van der Waals surface area contributed by atoms with E-state index in [-0.39, 0.29) is 5.91 Å². The van der Waals surface area contributed by atoms with E-state index >= 15 is 0 Å². The summed E-state index contributed by atoms with van der Waals surface area (Å²) in [7, 11) is 0. The van der Waals surface area contributed by atoms with E-state index in [1.165, 1.54) is 0 Å². The lowest BCUT2D eigenvalue weighted by Gasteiger charge is -2.22. The molecule has 1 saturated carbocycles. The number of nitrogens with zero attached hydrogens (tertiary/aromatic N) is 4. The van der Waals surface area contributed by atoms with Gasteiger partial charge in [-0.3, -0.25) is 9.78 Å². The van der Waals surface area contributed by atoms with Crippen molar-refractivity contribution in [1.82, 2.24) is 19.3 Å². The molecule has 6 heteroatoms. The minimum Gasteiger partial charge on any atom is -0.330 e. The van der Waals surface area contributed by atoms with Crippen molar-refractivity contribution in [3.05, 3.63) is 96.2 Å². The second-order valence-electron chi connectivity index (χ2n) is 7.50. The Labute approximate surface area is 179 Å².